The number of carbonyl (C=O) groups is 3. The van der Waals surface area contributed by atoms with Gasteiger partial charge in [-0.3, -0.25) is 9.59 Å². The molecule has 0 aromatic heterocycles. The Morgan fingerprint density at radius 3 is 2.86 bits per heavy atom. The predicted octanol–water partition coefficient (Wildman–Crippen LogP) is 1.80. The SMILES string of the molecule is CC(C)(C)OC(=O)N1CC(=O)OCN1C(CC1=C=Nc2ccc#cc21)C(=O)O. The molecule has 1 aromatic carbocycles. The van der Waals surface area contributed by atoms with Gasteiger partial charge in [0.2, 0.25) is 0 Å². The highest BCUT2D eigenvalue weighted by Crippen LogP contribution is 2.31. The molecule has 1 N–H and O–H groups in total. The molecule has 0 spiro atoms. The Bertz CT molecular complexity index is 882. The van der Waals surface area contributed by atoms with Gasteiger partial charge in [0.05, 0.1) is 11.3 Å². The Kier molecular flexibility index (Phi) is 5.10. The lowest BCUT2D eigenvalue weighted by Crippen LogP contribution is -2.60. The molecular weight excluding hydrogens is 366 g/mol. The van der Waals surface area contributed by atoms with Crippen molar-refractivity contribution in [2.24, 2.45) is 4.99 Å². The molecule has 1 saturated heterocycles. The molecule has 0 saturated carbocycles. The van der Waals surface area contributed by atoms with Crippen LogP contribution >= 0.6 is 0 Å². The lowest BCUT2D eigenvalue weighted by atomic mass is 10.0. The number of hydrazine groups is 1. The third-order valence-electron chi connectivity index (χ3n) is 3.98. The average Bonchev–Trinajstić information content (AvgIpc) is 3.01. The zero-order valence-corrected chi connectivity index (χ0v) is 15.7. The normalized spacial score (nSPS) is 17.3. The van der Waals surface area contributed by atoms with Gasteiger partial charge in [-0.25, -0.2) is 14.8 Å². The Labute approximate surface area is 161 Å². The molecule has 1 atom stereocenters. The molecule has 0 aliphatic carbocycles. The number of ether oxygens (including phenoxy) is 2. The zero-order valence-electron chi connectivity index (χ0n) is 15.7. The first-order valence-electron chi connectivity index (χ1n) is 8.56. The maximum absolute atomic E-state index is 12.5. The number of amides is 1. The van der Waals surface area contributed by atoms with E-state index in [4.69, 9.17) is 9.47 Å². The third kappa shape index (κ3) is 4.14. The highest BCUT2D eigenvalue weighted by atomic mass is 16.6. The van der Waals surface area contributed by atoms with Gasteiger partial charge in [0, 0.05) is 12.0 Å². The number of cyclic esters (lactones) is 1. The minimum atomic E-state index is -1.21. The summed E-state index contributed by atoms with van der Waals surface area (Å²) >= 11 is 0. The van der Waals surface area contributed by atoms with Crippen molar-refractivity contribution in [3.63, 3.8) is 0 Å². The second-order valence-corrected chi connectivity index (χ2v) is 7.25. The Hall–Kier alpha value is -3.34. The van der Waals surface area contributed by atoms with Crippen LogP contribution in [0, 0.1) is 12.1 Å². The number of rotatable bonds is 4. The molecule has 2 heterocycles. The van der Waals surface area contributed by atoms with Crippen molar-refractivity contribution in [2.45, 2.75) is 38.8 Å². The number of carboxylic acids is 1. The van der Waals surface area contributed by atoms with E-state index in [2.05, 4.69) is 23.0 Å². The number of hydrogen-bond acceptors (Lipinski definition) is 7. The summed E-state index contributed by atoms with van der Waals surface area (Å²) in [6.07, 6.45) is -0.860. The van der Waals surface area contributed by atoms with E-state index >= 15 is 0 Å². The number of esters is 1. The molecule has 28 heavy (non-hydrogen) atoms. The molecule has 9 nitrogen and oxygen atoms in total. The molecule has 2 aliphatic rings. The first kappa shape index (κ1) is 19.4. The molecule has 3 rings (SSSR count). The third-order valence-corrected chi connectivity index (χ3v) is 3.98. The van der Waals surface area contributed by atoms with Crippen LogP contribution in [0.3, 0.4) is 0 Å². The lowest BCUT2D eigenvalue weighted by molar-refractivity contribution is -0.196. The number of fused-ring (bicyclic) bond motifs is 1. The number of aliphatic imine (C=N–C) groups is 1. The van der Waals surface area contributed by atoms with E-state index in [1.54, 1.807) is 32.9 Å². The number of carboxylic acid groups (broad SMARTS) is 1. The van der Waals surface area contributed by atoms with E-state index in [1.165, 1.54) is 0 Å². The molecule has 2 aliphatic heterocycles. The van der Waals surface area contributed by atoms with E-state index in [1.807, 2.05) is 0 Å². The van der Waals surface area contributed by atoms with Gasteiger partial charge >= 0.3 is 18.0 Å². The van der Waals surface area contributed by atoms with Crippen molar-refractivity contribution in [3.05, 3.63) is 29.8 Å². The maximum Gasteiger partial charge on any atom is 0.425 e. The lowest BCUT2D eigenvalue weighted by Gasteiger charge is -2.40. The van der Waals surface area contributed by atoms with Crippen LogP contribution in [-0.2, 0) is 19.1 Å². The standard InChI is InChI=1S/C19H19N3O6/c1-19(2,3)28-18(26)21-10-16(23)27-11-22(21)15(17(24)25)8-12-9-20-14-7-5-4-6-13(12)14/h5,7,15H,8,10-11H2,1-3H3,(H,24,25). The molecule has 9 heteroatoms. The second-order valence-electron chi connectivity index (χ2n) is 7.25. The summed E-state index contributed by atoms with van der Waals surface area (Å²) in [4.78, 5) is 40.3. The molecule has 1 amide bonds. The van der Waals surface area contributed by atoms with Gasteiger partial charge in [-0.2, -0.15) is 5.01 Å². The highest BCUT2D eigenvalue weighted by molar-refractivity contribution is 5.99. The minimum absolute atomic E-state index is 0.0307. The molecule has 146 valence electrons. The van der Waals surface area contributed by atoms with Crippen molar-refractivity contribution >= 4 is 35.2 Å². The Morgan fingerprint density at radius 2 is 2.18 bits per heavy atom. The topological polar surface area (TPSA) is 109 Å². The monoisotopic (exact) mass is 385 g/mol. The van der Waals surface area contributed by atoms with Crippen molar-refractivity contribution in [1.29, 1.82) is 0 Å². The first-order valence-corrected chi connectivity index (χ1v) is 8.56. The van der Waals surface area contributed by atoms with Crippen molar-refractivity contribution in [3.8, 4) is 0 Å². The van der Waals surface area contributed by atoms with Crippen LogP contribution in [0.4, 0.5) is 10.5 Å². The van der Waals surface area contributed by atoms with Crippen LogP contribution in [0.5, 0.6) is 0 Å². The van der Waals surface area contributed by atoms with E-state index in [0.717, 1.165) is 10.0 Å². The van der Waals surface area contributed by atoms with E-state index in [0.29, 0.717) is 16.8 Å². The average molecular weight is 385 g/mol. The van der Waals surface area contributed by atoms with Gasteiger partial charge in [0.15, 0.2) is 6.73 Å². The van der Waals surface area contributed by atoms with Gasteiger partial charge in [0.25, 0.3) is 0 Å². The molecular formula is C19H19N3O6. The molecule has 0 bridgehead atoms. The number of aliphatic carboxylic acids is 1. The Morgan fingerprint density at radius 1 is 1.43 bits per heavy atom. The summed E-state index contributed by atoms with van der Waals surface area (Å²) in [5.74, 6) is 0.944. The summed E-state index contributed by atoms with van der Waals surface area (Å²) in [6.45, 7) is 4.19. The Balaban J connectivity index is 1.85. The van der Waals surface area contributed by atoms with Crippen molar-refractivity contribution in [2.75, 3.05) is 13.3 Å². The van der Waals surface area contributed by atoms with Gasteiger partial charge in [-0.05, 0) is 38.8 Å². The fourth-order valence-electron chi connectivity index (χ4n) is 2.76. The fraction of sp³-hybridized carbons (Fsp3) is 0.421. The summed E-state index contributed by atoms with van der Waals surface area (Å²) in [6, 6.07) is 7.86. The summed E-state index contributed by atoms with van der Waals surface area (Å²) in [5.41, 5.74) is 0.923. The van der Waals surface area contributed by atoms with Crippen LogP contribution in [-0.4, -0.2) is 63.9 Å². The molecule has 1 fully saturated rings. The highest BCUT2D eigenvalue weighted by Gasteiger charge is 2.41. The van der Waals surface area contributed by atoms with Crippen LogP contribution < -0.4 is 0 Å². The second kappa shape index (κ2) is 7.35. The quantitative estimate of drug-likeness (QED) is 0.787. The predicted molar refractivity (Wildman–Crippen MR) is 96.4 cm³/mol. The van der Waals surface area contributed by atoms with E-state index in [9.17, 15) is 19.5 Å². The zero-order chi connectivity index (χ0) is 20.5. The smallest absolute Gasteiger partial charge is 0.425 e. The summed E-state index contributed by atoms with van der Waals surface area (Å²) < 4.78 is 10.3. The van der Waals surface area contributed by atoms with Gasteiger partial charge in [0.1, 0.15) is 18.2 Å². The molecule has 1 aromatic rings. The van der Waals surface area contributed by atoms with Crippen LogP contribution in [0.1, 0.15) is 32.8 Å². The number of carbonyl (C=O) groups excluding carboxylic acids is 2. The van der Waals surface area contributed by atoms with E-state index < -0.39 is 43.0 Å². The fourth-order valence-corrected chi connectivity index (χ4v) is 2.76. The van der Waals surface area contributed by atoms with Crippen molar-refractivity contribution < 1.29 is 29.0 Å². The van der Waals surface area contributed by atoms with Gasteiger partial charge in [-0.1, -0.05) is 12.1 Å². The number of nitrogens with zero attached hydrogens (tertiary/aromatic N) is 3. The van der Waals surface area contributed by atoms with E-state index in [-0.39, 0.29) is 6.42 Å². The summed E-state index contributed by atoms with van der Waals surface area (Å²) in [5, 5.41) is 11.9. The van der Waals surface area contributed by atoms with Crippen LogP contribution in [0.2, 0.25) is 0 Å². The van der Waals surface area contributed by atoms with Crippen molar-refractivity contribution in [1.82, 2.24) is 10.0 Å². The largest absolute Gasteiger partial charge is 0.480 e. The van der Waals surface area contributed by atoms with Crippen LogP contribution in [0.25, 0.3) is 5.57 Å². The van der Waals surface area contributed by atoms with Gasteiger partial charge < -0.3 is 14.6 Å². The number of hydrogen-bond donors (Lipinski definition) is 1. The first-order chi connectivity index (χ1) is 13.2. The maximum atomic E-state index is 12.5. The minimum Gasteiger partial charge on any atom is -0.480 e. The van der Waals surface area contributed by atoms with Gasteiger partial charge in [-0.15, -0.1) is 0 Å². The summed E-state index contributed by atoms with van der Waals surface area (Å²) in [7, 11) is 0. The van der Waals surface area contributed by atoms with Crippen LogP contribution in [0.15, 0.2) is 17.1 Å². The molecule has 0 radical (unpaired) electrons. The molecule has 1 unspecified atom stereocenters.